The van der Waals surface area contributed by atoms with Gasteiger partial charge in [0.05, 0.1) is 39.6 Å². The van der Waals surface area contributed by atoms with E-state index in [0.29, 0.717) is 54.2 Å². The first-order chi connectivity index (χ1) is 14.5. The van der Waals surface area contributed by atoms with Gasteiger partial charge in [-0.15, -0.1) is 0 Å². The number of benzene rings is 2. The molecule has 0 saturated carbocycles. The number of amides is 1. The van der Waals surface area contributed by atoms with Crippen molar-refractivity contribution in [3.05, 3.63) is 57.1 Å². The second-order valence-corrected chi connectivity index (χ2v) is 8.16. The molecule has 2 heterocycles. The summed E-state index contributed by atoms with van der Waals surface area (Å²) in [5.41, 5.74) is 1.53. The molecular formula is C20H19ClN4O4S. The number of aromatic nitrogens is 1. The second-order valence-electron chi connectivity index (χ2n) is 6.72. The second kappa shape index (κ2) is 8.55. The molecule has 0 aliphatic carbocycles. The summed E-state index contributed by atoms with van der Waals surface area (Å²) in [6, 6.07) is 9.81. The lowest BCUT2D eigenvalue weighted by Crippen LogP contribution is -2.38. The maximum absolute atomic E-state index is 13.5. The molecule has 1 amide bonds. The van der Waals surface area contributed by atoms with Crippen molar-refractivity contribution in [2.24, 2.45) is 0 Å². The fourth-order valence-corrected chi connectivity index (χ4v) is 4.58. The summed E-state index contributed by atoms with van der Waals surface area (Å²) in [5.74, 6) is -0.326. The number of halogens is 1. The summed E-state index contributed by atoms with van der Waals surface area (Å²) in [6.45, 7) is 4.54. The van der Waals surface area contributed by atoms with E-state index in [9.17, 15) is 14.9 Å². The molecule has 1 aliphatic heterocycles. The van der Waals surface area contributed by atoms with Crippen LogP contribution in [0.1, 0.15) is 17.3 Å². The molecular weight excluding hydrogens is 428 g/mol. The van der Waals surface area contributed by atoms with Crippen LogP contribution in [0, 0.1) is 10.1 Å². The van der Waals surface area contributed by atoms with Gasteiger partial charge < -0.3 is 9.64 Å². The lowest BCUT2D eigenvalue weighted by molar-refractivity contribution is -0.384. The SMILES string of the molecule is CCN(C(=O)c1cc([N+](=O)[O-])ccc1N1CCOCC1)c1nc2cc(Cl)ccc2s1. The molecule has 4 rings (SSSR count). The highest BCUT2D eigenvalue weighted by Crippen LogP contribution is 2.33. The smallest absolute Gasteiger partial charge is 0.270 e. The van der Waals surface area contributed by atoms with E-state index >= 15 is 0 Å². The highest BCUT2D eigenvalue weighted by atomic mass is 35.5. The number of nitrogens with zero attached hydrogens (tertiary/aromatic N) is 4. The lowest BCUT2D eigenvalue weighted by Gasteiger charge is -2.31. The van der Waals surface area contributed by atoms with Crippen molar-refractivity contribution in [3.63, 3.8) is 0 Å². The minimum absolute atomic E-state index is 0.123. The molecule has 0 unspecified atom stereocenters. The van der Waals surface area contributed by atoms with E-state index in [1.165, 1.54) is 23.5 Å². The van der Waals surface area contributed by atoms with Gasteiger partial charge in [0.2, 0.25) is 0 Å². The van der Waals surface area contributed by atoms with E-state index in [1.807, 2.05) is 17.9 Å². The Morgan fingerprint density at radius 1 is 1.30 bits per heavy atom. The van der Waals surface area contributed by atoms with Gasteiger partial charge in [-0.3, -0.25) is 19.8 Å². The van der Waals surface area contributed by atoms with Crippen LogP contribution in [0.5, 0.6) is 0 Å². The normalized spacial score (nSPS) is 14.1. The van der Waals surface area contributed by atoms with Gasteiger partial charge in [-0.1, -0.05) is 22.9 Å². The molecule has 1 aliphatic rings. The molecule has 1 aromatic heterocycles. The Morgan fingerprint density at radius 2 is 2.07 bits per heavy atom. The molecule has 10 heteroatoms. The van der Waals surface area contributed by atoms with Crippen LogP contribution in [0.2, 0.25) is 5.02 Å². The predicted octanol–water partition coefficient (Wildman–Crippen LogP) is 4.36. The zero-order valence-corrected chi connectivity index (χ0v) is 17.8. The molecule has 30 heavy (non-hydrogen) atoms. The number of non-ortho nitro benzene ring substituents is 1. The van der Waals surface area contributed by atoms with Crippen molar-refractivity contribution in [2.45, 2.75) is 6.92 Å². The summed E-state index contributed by atoms with van der Waals surface area (Å²) in [6.07, 6.45) is 0. The molecule has 1 saturated heterocycles. The van der Waals surface area contributed by atoms with Crippen LogP contribution in [0.15, 0.2) is 36.4 Å². The lowest BCUT2D eigenvalue weighted by atomic mass is 10.1. The molecule has 0 N–H and O–H groups in total. The van der Waals surface area contributed by atoms with E-state index in [-0.39, 0.29) is 17.2 Å². The first-order valence-corrected chi connectivity index (χ1v) is 10.7. The van der Waals surface area contributed by atoms with Crippen molar-refractivity contribution < 1.29 is 14.5 Å². The number of ether oxygens (including phenoxy) is 1. The Bertz CT molecular complexity index is 1110. The fourth-order valence-electron chi connectivity index (χ4n) is 3.40. The third-order valence-electron chi connectivity index (χ3n) is 4.90. The highest BCUT2D eigenvalue weighted by molar-refractivity contribution is 7.22. The van der Waals surface area contributed by atoms with Gasteiger partial charge in [-0.05, 0) is 31.2 Å². The third kappa shape index (κ3) is 3.96. The maximum atomic E-state index is 13.5. The summed E-state index contributed by atoms with van der Waals surface area (Å²) in [5, 5.41) is 12.4. The number of hydrogen-bond acceptors (Lipinski definition) is 7. The molecule has 0 bridgehead atoms. The van der Waals surface area contributed by atoms with Gasteiger partial charge in [0.25, 0.3) is 11.6 Å². The van der Waals surface area contributed by atoms with Gasteiger partial charge in [-0.25, -0.2) is 4.98 Å². The zero-order chi connectivity index (χ0) is 21.3. The first kappa shape index (κ1) is 20.5. The fraction of sp³-hybridized carbons (Fsp3) is 0.300. The number of carbonyl (C=O) groups excluding carboxylic acids is 1. The Kier molecular flexibility index (Phi) is 5.85. The van der Waals surface area contributed by atoms with Gasteiger partial charge >= 0.3 is 0 Å². The maximum Gasteiger partial charge on any atom is 0.270 e. The minimum atomic E-state index is -0.490. The Balaban J connectivity index is 1.76. The number of nitro groups is 1. The largest absolute Gasteiger partial charge is 0.378 e. The number of nitro benzene ring substituents is 1. The van der Waals surface area contributed by atoms with Gasteiger partial charge in [-0.2, -0.15) is 0 Å². The summed E-state index contributed by atoms with van der Waals surface area (Å²) < 4.78 is 6.31. The molecule has 156 valence electrons. The Morgan fingerprint density at radius 3 is 2.77 bits per heavy atom. The number of morpholine rings is 1. The van der Waals surface area contributed by atoms with Crippen LogP contribution in [0.25, 0.3) is 10.2 Å². The molecule has 0 atom stereocenters. The van der Waals surface area contributed by atoms with Crippen molar-refractivity contribution in [1.29, 1.82) is 0 Å². The molecule has 0 radical (unpaired) electrons. The average molecular weight is 447 g/mol. The van der Waals surface area contributed by atoms with Crippen LogP contribution in [-0.4, -0.2) is 48.7 Å². The average Bonchev–Trinajstić information content (AvgIpc) is 3.17. The topological polar surface area (TPSA) is 88.8 Å². The van der Waals surface area contributed by atoms with Crippen molar-refractivity contribution in [1.82, 2.24) is 4.98 Å². The van der Waals surface area contributed by atoms with Crippen molar-refractivity contribution in [3.8, 4) is 0 Å². The van der Waals surface area contributed by atoms with E-state index < -0.39 is 4.92 Å². The number of hydrogen-bond donors (Lipinski definition) is 0. The summed E-state index contributed by atoms with van der Waals surface area (Å²) in [4.78, 5) is 32.5. The summed E-state index contributed by atoms with van der Waals surface area (Å²) >= 11 is 7.44. The standard InChI is InChI=1S/C20H19ClN4O4S/c1-2-24(20-22-16-11-13(21)3-6-18(16)30-20)19(26)15-12-14(25(27)28)4-5-17(15)23-7-9-29-10-8-23/h3-6,11-12H,2,7-10H2,1H3. The van der Waals surface area contributed by atoms with Crippen LogP contribution in [0.3, 0.4) is 0 Å². The highest BCUT2D eigenvalue weighted by Gasteiger charge is 2.27. The molecule has 2 aromatic carbocycles. The molecule has 1 fully saturated rings. The zero-order valence-electron chi connectivity index (χ0n) is 16.2. The Labute approximate surface area is 181 Å². The number of thiazole rings is 1. The van der Waals surface area contributed by atoms with Crippen LogP contribution >= 0.6 is 22.9 Å². The van der Waals surface area contributed by atoms with E-state index in [2.05, 4.69) is 4.98 Å². The van der Waals surface area contributed by atoms with Crippen molar-refractivity contribution >= 4 is 55.6 Å². The molecule has 0 spiro atoms. The van der Waals surface area contributed by atoms with Gasteiger partial charge in [0.15, 0.2) is 5.13 Å². The van der Waals surface area contributed by atoms with Crippen LogP contribution in [0.4, 0.5) is 16.5 Å². The van der Waals surface area contributed by atoms with Gasteiger partial charge in [0.1, 0.15) is 0 Å². The van der Waals surface area contributed by atoms with E-state index in [1.54, 1.807) is 23.1 Å². The van der Waals surface area contributed by atoms with E-state index in [4.69, 9.17) is 16.3 Å². The summed E-state index contributed by atoms with van der Waals surface area (Å²) in [7, 11) is 0. The first-order valence-electron chi connectivity index (χ1n) is 9.47. The third-order valence-corrected chi connectivity index (χ3v) is 6.20. The Hall–Kier alpha value is -2.75. The number of fused-ring (bicyclic) bond motifs is 1. The quantitative estimate of drug-likeness (QED) is 0.427. The monoisotopic (exact) mass is 446 g/mol. The molecule has 8 nitrogen and oxygen atoms in total. The van der Waals surface area contributed by atoms with E-state index in [0.717, 1.165) is 4.70 Å². The predicted molar refractivity (Wildman–Crippen MR) is 118 cm³/mol. The number of rotatable bonds is 5. The van der Waals surface area contributed by atoms with Crippen LogP contribution in [-0.2, 0) is 4.74 Å². The number of anilines is 2. The van der Waals surface area contributed by atoms with Gasteiger partial charge in [0, 0.05) is 36.8 Å². The van der Waals surface area contributed by atoms with Crippen LogP contribution < -0.4 is 9.80 Å². The minimum Gasteiger partial charge on any atom is -0.378 e. The number of carbonyl (C=O) groups is 1. The van der Waals surface area contributed by atoms with Crippen molar-refractivity contribution in [2.75, 3.05) is 42.6 Å². The molecule has 3 aromatic rings.